The molecule has 0 atom stereocenters. The smallest absolute Gasteiger partial charge is 0.358 e. The third-order valence-electron chi connectivity index (χ3n) is 3.97. The normalized spacial score (nSPS) is 11.1. The highest BCUT2D eigenvalue weighted by Gasteiger charge is 2.20. The quantitative estimate of drug-likeness (QED) is 0.700. The van der Waals surface area contributed by atoms with E-state index >= 15 is 0 Å². The molecule has 8 heteroatoms. The van der Waals surface area contributed by atoms with Crippen LogP contribution in [-0.4, -0.2) is 53.4 Å². The number of carbonyl (C=O) groups is 3. The summed E-state index contributed by atoms with van der Waals surface area (Å²) in [5.74, 6) is -1.41. The molecule has 0 spiro atoms. The first-order chi connectivity index (χ1) is 13.6. The number of nitrogens with one attached hydrogen (secondary N) is 1. The van der Waals surface area contributed by atoms with Crippen LogP contribution in [0.3, 0.4) is 0 Å². The number of benzene rings is 1. The molecule has 1 heterocycles. The van der Waals surface area contributed by atoms with Gasteiger partial charge in [-0.25, -0.2) is 9.78 Å². The first kappa shape index (κ1) is 22.5. The van der Waals surface area contributed by atoms with E-state index in [2.05, 4.69) is 17.2 Å². The van der Waals surface area contributed by atoms with Crippen molar-refractivity contribution in [1.29, 1.82) is 0 Å². The summed E-state index contributed by atoms with van der Waals surface area (Å²) in [6, 6.07) is 7.99. The molecule has 29 heavy (non-hydrogen) atoms. The molecule has 1 aromatic heterocycles. The zero-order chi connectivity index (χ0) is 21.6. The maximum Gasteiger partial charge on any atom is 0.358 e. The van der Waals surface area contributed by atoms with Crippen LogP contribution in [0.5, 0.6) is 0 Å². The molecule has 2 rings (SSSR count). The van der Waals surface area contributed by atoms with Gasteiger partial charge in [0.15, 0.2) is 12.3 Å². The monoisotopic (exact) mass is 417 g/mol. The van der Waals surface area contributed by atoms with Gasteiger partial charge in [-0.15, -0.1) is 11.3 Å². The number of rotatable bonds is 7. The third-order valence-corrected chi connectivity index (χ3v) is 4.86. The van der Waals surface area contributed by atoms with E-state index in [1.807, 2.05) is 45.0 Å². The molecule has 2 amide bonds. The van der Waals surface area contributed by atoms with Crippen LogP contribution in [0.4, 0.5) is 0 Å². The van der Waals surface area contributed by atoms with Crippen molar-refractivity contribution in [3.05, 3.63) is 40.9 Å². The van der Waals surface area contributed by atoms with Gasteiger partial charge in [0.05, 0.1) is 6.54 Å². The van der Waals surface area contributed by atoms with E-state index in [1.54, 1.807) is 5.38 Å². The number of hydrogen-bond acceptors (Lipinski definition) is 6. The van der Waals surface area contributed by atoms with Gasteiger partial charge >= 0.3 is 5.97 Å². The largest absolute Gasteiger partial charge is 0.451 e. The third kappa shape index (κ3) is 6.98. The molecule has 1 N–H and O–H groups in total. The Kier molecular flexibility index (Phi) is 7.50. The summed E-state index contributed by atoms with van der Waals surface area (Å²) in [6.07, 6.45) is 0.954. The average Bonchev–Trinajstić information content (AvgIpc) is 3.14. The lowest BCUT2D eigenvalue weighted by Gasteiger charge is -2.23. The van der Waals surface area contributed by atoms with E-state index in [1.165, 1.54) is 28.8 Å². The van der Waals surface area contributed by atoms with Gasteiger partial charge in [-0.05, 0) is 32.8 Å². The lowest BCUT2D eigenvalue weighted by Crippen LogP contribution is -2.46. The average molecular weight is 418 g/mol. The summed E-state index contributed by atoms with van der Waals surface area (Å²) >= 11 is 1.34. The Bertz CT molecular complexity index is 869. The lowest BCUT2D eigenvalue weighted by atomic mass is 10.1. The first-order valence-electron chi connectivity index (χ1n) is 9.36. The summed E-state index contributed by atoms with van der Waals surface area (Å²) < 4.78 is 5.06. The van der Waals surface area contributed by atoms with Gasteiger partial charge in [0, 0.05) is 23.5 Å². The predicted octanol–water partition coefficient (Wildman–Crippen LogP) is 2.90. The SMILES string of the molecule is CCc1ccc(-c2nc(C(=O)OCC(=O)N(C)CC(=O)NC(C)(C)C)cs2)cc1. The predicted molar refractivity (Wildman–Crippen MR) is 113 cm³/mol. The molecular formula is C21H27N3O4S. The topological polar surface area (TPSA) is 88.6 Å². The summed E-state index contributed by atoms with van der Waals surface area (Å²) in [5, 5.41) is 5.09. The van der Waals surface area contributed by atoms with Crippen LogP contribution in [0.1, 0.15) is 43.7 Å². The van der Waals surface area contributed by atoms with Gasteiger partial charge in [-0.3, -0.25) is 9.59 Å². The molecule has 7 nitrogen and oxygen atoms in total. The Morgan fingerprint density at radius 1 is 1.17 bits per heavy atom. The summed E-state index contributed by atoms with van der Waals surface area (Å²) in [4.78, 5) is 41.7. The van der Waals surface area contributed by atoms with Crippen molar-refractivity contribution >= 4 is 29.1 Å². The first-order valence-corrected chi connectivity index (χ1v) is 10.2. The minimum absolute atomic E-state index is 0.109. The fourth-order valence-corrected chi connectivity index (χ4v) is 3.25. The summed E-state index contributed by atoms with van der Waals surface area (Å²) in [7, 11) is 1.49. The molecule has 156 valence electrons. The van der Waals surface area contributed by atoms with Crippen LogP contribution in [0, 0.1) is 0 Å². The Hall–Kier alpha value is -2.74. The van der Waals surface area contributed by atoms with Crippen LogP contribution in [-0.2, 0) is 20.7 Å². The fourth-order valence-electron chi connectivity index (χ4n) is 2.46. The van der Waals surface area contributed by atoms with E-state index in [0.717, 1.165) is 12.0 Å². The molecule has 0 aliphatic rings. The van der Waals surface area contributed by atoms with Crippen molar-refractivity contribution in [2.75, 3.05) is 20.2 Å². The van der Waals surface area contributed by atoms with Crippen molar-refractivity contribution in [3.8, 4) is 10.6 Å². The Balaban J connectivity index is 1.88. The Morgan fingerprint density at radius 2 is 1.83 bits per heavy atom. The minimum atomic E-state index is -0.668. The Morgan fingerprint density at radius 3 is 2.41 bits per heavy atom. The second-order valence-electron chi connectivity index (χ2n) is 7.71. The number of aryl methyl sites for hydroxylation is 1. The fraction of sp³-hybridized carbons (Fsp3) is 0.429. The molecule has 0 aliphatic carbocycles. The van der Waals surface area contributed by atoms with Gasteiger partial charge in [0.1, 0.15) is 5.01 Å². The molecule has 0 saturated carbocycles. The second kappa shape index (κ2) is 9.65. The zero-order valence-electron chi connectivity index (χ0n) is 17.4. The summed E-state index contributed by atoms with van der Waals surface area (Å²) in [6.45, 7) is 7.10. The van der Waals surface area contributed by atoms with E-state index < -0.39 is 18.5 Å². The number of thiazole rings is 1. The number of likely N-dealkylation sites (N-methyl/N-ethyl adjacent to an activating group) is 1. The van der Waals surface area contributed by atoms with E-state index in [0.29, 0.717) is 5.01 Å². The molecule has 1 aromatic carbocycles. The molecule has 0 aliphatic heterocycles. The number of nitrogens with zero attached hydrogens (tertiary/aromatic N) is 2. The second-order valence-corrected chi connectivity index (χ2v) is 8.57. The van der Waals surface area contributed by atoms with Crippen molar-refractivity contribution in [1.82, 2.24) is 15.2 Å². The van der Waals surface area contributed by atoms with Gasteiger partial charge in [-0.2, -0.15) is 0 Å². The van der Waals surface area contributed by atoms with Crippen LogP contribution >= 0.6 is 11.3 Å². The van der Waals surface area contributed by atoms with Crippen LogP contribution < -0.4 is 5.32 Å². The van der Waals surface area contributed by atoms with Gasteiger partial charge < -0.3 is 15.0 Å². The van der Waals surface area contributed by atoms with Crippen LogP contribution in [0.2, 0.25) is 0 Å². The van der Waals surface area contributed by atoms with E-state index in [-0.39, 0.29) is 23.7 Å². The number of amides is 2. The highest BCUT2D eigenvalue weighted by Crippen LogP contribution is 2.24. The van der Waals surface area contributed by atoms with Crippen molar-refractivity contribution in [2.45, 2.75) is 39.7 Å². The number of ether oxygens (including phenoxy) is 1. The molecule has 0 saturated heterocycles. The molecule has 0 fully saturated rings. The number of aromatic nitrogens is 1. The maximum atomic E-state index is 12.2. The maximum absolute atomic E-state index is 12.2. The highest BCUT2D eigenvalue weighted by atomic mass is 32.1. The number of esters is 1. The van der Waals surface area contributed by atoms with Crippen molar-refractivity contribution < 1.29 is 19.1 Å². The van der Waals surface area contributed by atoms with Gasteiger partial charge in [-0.1, -0.05) is 31.2 Å². The standard InChI is InChI=1S/C21H27N3O4S/c1-6-14-7-9-15(10-8-14)19-22-16(13-29-19)20(27)28-12-18(26)24(5)11-17(25)23-21(2,3)4/h7-10,13H,6,11-12H2,1-5H3,(H,23,25). The molecular weight excluding hydrogens is 390 g/mol. The van der Waals surface area contributed by atoms with Gasteiger partial charge in [0.25, 0.3) is 5.91 Å². The Labute approximate surface area is 175 Å². The van der Waals surface area contributed by atoms with E-state index in [4.69, 9.17) is 4.74 Å². The lowest BCUT2D eigenvalue weighted by molar-refractivity contribution is -0.137. The van der Waals surface area contributed by atoms with Crippen molar-refractivity contribution in [2.24, 2.45) is 0 Å². The van der Waals surface area contributed by atoms with Crippen LogP contribution in [0.15, 0.2) is 29.6 Å². The number of hydrogen-bond donors (Lipinski definition) is 1. The summed E-state index contributed by atoms with van der Waals surface area (Å²) in [5.41, 5.74) is 1.92. The molecule has 0 radical (unpaired) electrons. The van der Waals surface area contributed by atoms with Gasteiger partial charge in [0.2, 0.25) is 5.91 Å². The molecule has 0 bridgehead atoms. The molecule has 2 aromatic rings. The molecule has 0 unspecified atom stereocenters. The number of carbonyl (C=O) groups excluding carboxylic acids is 3. The van der Waals surface area contributed by atoms with Crippen molar-refractivity contribution in [3.63, 3.8) is 0 Å². The van der Waals surface area contributed by atoms with E-state index in [9.17, 15) is 14.4 Å². The highest BCUT2D eigenvalue weighted by molar-refractivity contribution is 7.13. The van der Waals surface area contributed by atoms with Crippen LogP contribution in [0.25, 0.3) is 10.6 Å². The minimum Gasteiger partial charge on any atom is -0.451 e. The zero-order valence-corrected chi connectivity index (χ0v) is 18.3.